The Kier molecular flexibility index (Phi) is 2.71. The average Bonchev–Trinajstić information content (AvgIpc) is 3.00. The fourth-order valence-corrected chi connectivity index (χ4v) is 4.73. The molecule has 0 aromatic carbocycles. The van der Waals surface area contributed by atoms with Crippen LogP contribution in [-0.4, -0.2) is 23.7 Å². The van der Waals surface area contributed by atoms with Crippen molar-refractivity contribution >= 4 is 17.0 Å². The molecule has 0 spiro atoms. The monoisotopic (exact) mass is 283 g/mol. The molecule has 2 bridgehead atoms. The first-order valence-corrected chi connectivity index (χ1v) is 8.14. The zero-order valence-corrected chi connectivity index (χ0v) is 12.4. The van der Waals surface area contributed by atoms with Gasteiger partial charge in [-0.1, -0.05) is 6.07 Å². The minimum atomic E-state index is -0.105. The summed E-state index contributed by atoms with van der Waals surface area (Å²) < 4.78 is 0. The van der Waals surface area contributed by atoms with Crippen LogP contribution < -0.4 is 0 Å². The Labute approximate surface area is 123 Å². The number of nitriles is 1. The van der Waals surface area contributed by atoms with Gasteiger partial charge in [0.2, 0.25) is 0 Å². The van der Waals surface area contributed by atoms with Crippen LogP contribution in [0.4, 0.5) is 0 Å². The maximum absolute atomic E-state index is 9.62. The average molecular weight is 283 g/mol. The topological polar surface area (TPSA) is 39.4 Å². The van der Waals surface area contributed by atoms with Crippen LogP contribution in [0, 0.1) is 23.2 Å². The van der Waals surface area contributed by atoms with Crippen molar-refractivity contribution in [3.8, 4) is 6.07 Å². The Morgan fingerprint density at radius 3 is 2.85 bits per heavy atom. The van der Waals surface area contributed by atoms with Gasteiger partial charge in [-0.2, -0.15) is 5.26 Å². The lowest BCUT2D eigenvalue weighted by Gasteiger charge is -2.47. The predicted molar refractivity (Wildman–Crippen MR) is 80.6 cm³/mol. The fourth-order valence-electron chi connectivity index (χ4n) is 3.86. The Morgan fingerprint density at radius 2 is 2.20 bits per heavy atom. The summed E-state index contributed by atoms with van der Waals surface area (Å²) in [5.41, 5.74) is 3.63. The quantitative estimate of drug-likeness (QED) is 0.792. The lowest BCUT2D eigenvalue weighted by Crippen LogP contribution is -2.45. The number of hydrogen-bond acceptors (Lipinski definition) is 4. The minimum absolute atomic E-state index is 0.105. The summed E-state index contributed by atoms with van der Waals surface area (Å²) in [7, 11) is 0. The van der Waals surface area contributed by atoms with Crippen molar-refractivity contribution in [1.82, 2.24) is 4.90 Å². The lowest BCUT2D eigenvalue weighted by molar-refractivity contribution is 0.187. The van der Waals surface area contributed by atoms with Crippen molar-refractivity contribution in [3.63, 3.8) is 0 Å². The van der Waals surface area contributed by atoms with Crippen LogP contribution >= 0.6 is 11.3 Å². The molecule has 0 amide bonds. The Morgan fingerprint density at radius 1 is 1.40 bits per heavy atom. The second-order valence-corrected chi connectivity index (χ2v) is 6.86. The van der Waals surface area contributed by atoms with Crippen LogP contribution in [0.25, 0.3) is 0 Å². The molecule has 4 aliphatic rings. The zero-order valence-electron chi connectivity index (χ0n) is 11.5. The molecule has 5 heterocycles. The van der Waals surface area contributed by atoms with Gasteiger partial charge in [-0.05, 0) is 31.2 Å². The summed E-state index contributed by atoms with van der Waals surface area (Å²) in [6, 6.07) is 6.76. The number of piperidine rings is 1. The van der Waals surface area contributed by atoms with Crippen molar-refractivity contribution < 1.29 is 0 Å². The molecule has 1 unspecified atom stereocenters. The molecule has 1 fully saturated rings. The summed E-state index contributed by atoms with van der Waals surface area (Å²) in [4.78, 5) is 8.63. The van der Waals surface area contributed by atoms with Crippen molar-refractivity contribution in [2.24, 2.45) is 16.8 Å². The molecule has 0 N–H and O–H groups in total. The van der Waals surface area contributed by atoms with E-state index in [1.807, 2.05) is 6.92 Å². The molecule has 1 saturated heterocycles. The fraction of sp³-hybridized carbons (Fsp3) is 0.500. The van der Waals surface area contributed by atoms with Crippen molar-refractivity contribution in [3.05, 3.63) is 33.8 Å². The van der Waals surface area contributed by atoms with Crippen LogP contribution in [0.1, 0.15) is 30.6 Å². The van der Waals surface area contributed by atoms with Crippen LogP contribution in [0.2, 0.25) is 0 Å². The summed E-state index contributed by atoms with van der Waals surface area (Å²) in [6.45, 7) is 4.30. The first kappa shape index (κ1) is 12.2. The van der Waals surface area contributed by atoms with Gasteiger partial charge in [0.05, 0.1) is 23.6 Å². The maximum atomic E-state index is 9.62. The van der Waals surface area contributed by atoms with Gasteiger partial charge in [-0.25, -0.2) is 0 Å². The largest absolute Gasteiger partial charge is 0.373 e. The SMILES string of the molecule is CC1=NC2=C([C@@H](c3cccs3)C1C#N)N1CCC2CC1. The smallest absolute Gasteiger partial charge is 0.0974 e. The number of nitrogens with zero attached hydrogens (tertiary/aromatic N) is 3. The standard InChI is InChI=1S/C16H17N3S/c1-10-12(9-17)14(13-3-2-8-20-13)16-15(18-10)11-4-6-19(16)7-5-11/h2-3,8,11-12,14H,4-7H2,1H3/t12?,14-/m1/s1. The van der Waals surface area contributed by atoms with Crippen LogP contribution in [-0.2, 0) is 0 Å². The second kappa shape index (κ2) is 4.46. The van der Waals surface area contributed by atoms with Gasteiger partial charge < -0.3 is 4.90 Å². The van der Waals surface area contributed by atoms with E-state index in [1.165, 1.54) is 29.1 Å². The van der Waals surface area contributed by atoms with Crippen LogP contribution in [0.3, 0.4) is 0 Å². The Bertz CT molecular complexity index is 627. The normalized spacial score (nSPS) is 29.2. The van der Waals surface area contributed by atoms with Gasteiger partial charge in [0.1, 0.15) is 0 Å². The number of aliphatic imine (C=N–C) groups is 1. The number of thiophene rings is 1. The van der Waals surface area contributed by atoms with Crippen molar-refractivity contribution in [1.29, 1.82) is 5.26 Å². The molecule has 0 radical (unpaired) electrons. The molecule has 3 nitrogen and oxygen atoms in total. The zero-order chi connectivity index (χ0) is 13.7. The van der Waals surface area contributed by atoms with Gasteiger partial charge >= 0.3 is 0 Å². The van der Waals surface area contributed by atoms with Gasteiger partial charge in [-0.3, -0.25) is 4.99 Å². The van der Waals surface area contributed by atoms with E-state index in [4.69, 9.17) is 4.99 Å². The highest BCUT2D eigenvalue weighted by atomic mass is 32.1. The molecule has 4 heteroatoms. The molecule has 1 aromatic rings. The van der Waals surface area contributed by atoms with Crippen molar-refractivity contribution in [2.75, 3.05) is 13.1 Å². The Balaban J connectivity index is 1.90. The van der Waals surface area contributed by atoms with Gasteiger partial charge in [-0.15, -0.1) is 11.3 Å². The molecule has 0 aliphatic carbocycles. The Hall–Kier alpha value is -1.60. The predicted octanol–water partition coefficient (Wildman–Crippen LogP) is 3.38. The third-order valence-electron chi connectivity index (χ3n) is 4.85. The number of hydrogen-bond donors (Lipinski definition) is 0. The molecular weight excluding hydrogens is 266 g/mol. The van der Waals surface area contributed by atoms with E-state index in [-0.39, 0.29) is 11.8 Å². The van der Waals surface area contributed by atoms with E-state index in [9.17, 15) is 5.26 Å². The van der Waals surface area contributed by atoms with Crippen LogP contribution in [0.5, 0.6) is 0 Å². The molecule has 4 aliphatic heterocycles. The number of fused-ring (bicyclic) bond motifs is 2. The molecule has 1 aromatic heterocycles. The third-order valence-corrected chi connectivity index (χ3v) is 5.80. The summed E-state index contributed by atoms with van der Waals surface area (Å²) in [5, 5.41) is 11.7. The van der Waals surface area contributed by atoms with Gasteiger partial charge in [0, 0.05) is 35.3 Å². The van der Waals surface area contributed by atoms with Gasteiger partial charge in [0.25, 0.3) is 0 Å². The highest BCUT2D eigenvalue weighted by Crippen LogP contribution is 2.49. The summed E-state index contributed by atoms with van der Waals surface area (Å²) in [5.74, 6) is 0.717. The first-order valence-electron chi connectivity index (χ1n) is 7.27. The third kappa shape index (κ3) is 1.59. The van der Waals surface area contributed by atoms with Crippen LogP contribution in [0.15, 0.2) is 33.9 Å². The molecule has 20 heavy (non-hydrogen) atoms. The minimum Gasteiger partial charge on any atom is -0.373 e. The number of allylic oxidation sites excluding steroid dienone is 2. The molecular formula is C16H17N3S. The molecule has 0 saturated carbocycles. The van der Waals surface area contributed by atoms with E-state index in [1.54, 1.807) is 11.3 Å². The highest BCUT2D eigenvalue weighted by molar-refractivity contribution is 7.10. The van der Waals surface area contributed by atoms with E-state index in [2.05, 4.69) is 28.5 Å². The number of rotatable bonds is 1. The maximum Gasteiger partial charge on any atom is 0.0974 e. The molecule has 2 atom stereocenters. The van der Waals surface area contributed by atoms with E-state index < -0.39 is 0 Å². The highest BCUT2D eigenvalue weighted by Gasteiger charge is 2.43. The second-order valence-electron chi connectivity index (χ2n) is 5.88. The summed E-state index contributed by atoms with van der Waals surface area (Å²) in [6.07, 6.45) is 2.45. The van der Waals surface area contributed by atoms with Crippen molar-refractivity contribution in [2.45, 2.75) is 25.7 Å². The molecule has 102 valence electrons. The molecule has 5 rings (SSSR count). The van der Waals surface area contributed by atoms with Gasteiger partial charge in [0.15, 0.2) is 0 Å². The summed E-state index contributed by atoms with van der Waals surface area (Å²) >= 11 is 1.77. The van der Waals surface area contributed by atoms with E-state index in [0.29, 0.717) is 5.92 Å². The van der Waals surface area contributed by atoms with E-state index in [0.717, 1.165) is 18.8 Å². The lowest BCUT2D eigenvalue weighted by atomic mass is 9.75. The van der Waals surface area contributed by atoms with E-state index >= 15 is 0 Å². The first-order chi connectivity index (χ1) is 9.79.